The third-order valence-corrected chi connectivity index (χ3v) is 6.37. The van der Waals surface area contributed by atoms with E-state index in [-0.39, 0.29) is 5.91 Å². The number of rotatable bonds is 5. The molecule has 2 aromatic carbocycles. The molecule has 0 bridgehead atoms. The summed E-state index contributed by atoms with van der Waals surface area (Å²) in [7, 11) is 0. The molecule has 0 atom stereocenters. The summed E-state index contributed by atoms with van der Waals surface area (Å²) < 4.78 is 5.38. The van der Waals surface area contributed by atoms with Crippen LogP contribution in [0.3, 0.4) is 0 Å². The van der Waals surface area contributed by atoms with Crippen molar-refractivity contribution in [2.75, 3.05) is 38.2 Å². The molecule has 0 spiro atoms. The fourth-order valence-electron chi connectivity index (χ4n) is 4.50. The van der Waals surface area contributed by atoms with Crippen LogP contribution < -0.4 is 5.32 Å². The summed E-state index contributed by atoms with van der Waals surface area (Å²) in [6.07, 6.45) is 3.55. The first kappa shape index (κ1) is 20.8. The van der Waals surface area contributed by atoms with Gasteiger partial charge in [-0.3, -0.25) is 14.8 Å². The van der Waals surface area contributed by atoms with Gasteiger partial charge in [-0.25, -0.2) is 9.97 Å². The van der Waals surface area contributed by atoms with E-state index >= 15 is 0 Å². The molecular formula is C25H25N7O2. The second-order valence-corrected chi connectivity index (χ2v) is 8.68. The minimum Gasteiger partial charge on any atom is -0.379 e. The Hall–Kier alpha value is -3.82. The molecule has 2 N–H and O–H groups in total. The van der Waals surface area contributed by atoms with Crippen molar-refractivity contribution in [2.24, 2.45) is 0 Å². The van der Waals surface area contributed by atoms with Gasteiger partial charge in [0.1, 0.15) is 5.82 Å². The number of nitrogens with zero attached hydrogens (tertiary/aromatic N) is 5. The topological polar surface area (TPSA) is 99.3 Å². The van der Waals surface area contributed by atoms with E-state index in [0.717, 1.165) is 46.6 Å². The van der Waals surface area contributed by atoms with E-state index in [1.165, 1.54) is 5.56 Å². The first-order chi connectivity index (χ1) is 16.7. The predicted octanol–water partition coefficient (Wildman–Crippen LogP) is 2.94. The van der Waals surface area contributed by atoms with Gasteiger partial charge in [0.15, 0.2) is 5.82 Å². The maximum absolute atomic E-state index is 12.8. The lowest BCUT2D eigenvalue weighted by atomic mass is 10.1. The number of aromatic nitrogens is 4. The SMILES string of the molecule is O=C(CN1CCOCC1)N1Cc2ccc(-c3nccc(Nc4ccc5[nH]ncc5c4)n3)cc2C1. The quantitative estimate of drug-likeness (QED) is 0.477. The standard InChI is InChI=1S/C25H25N7O2/c33-24(16-31-7-9-34-10-8-31)32-14-18-2-1-17(11-20(18)15-32)25-26-6-5-23(29-25)28-21-3-4-22-19(12-21)13-27-30-22/h1-6,11-13H,7-10,14-16H2,(H,27,30)(H,26,28,29). The molecule has 4 heterocycles. The number of ether oxygens (including phenoxy) is 1. The predicted molar refractivity (Wildman–Crippen MR) is 128 cm³/mol. The highest BCUT2D eigenvalue weighted by molar-refractivity contribution is 5.82. The molecule has 1 saturated heterocycles. The number of hydrogen-bond acceptors (Lipinski definition) is 7. The lowest BCUT2D eigenvalue weighted by Crippen LogP contribution is -2.43. The number of nitrogens with one attached hydrogen (secondary N) is 2. The average molecular weight is 456 g/mol. The number of carbonyl (C=O) groups excluding carboxylic acids is 1. The van der Waals surface area contributed by atoms with Gasteiger partial charge < -0.3 is 15.0 Å². The van der Waals surface area contributed by atoms with Crippen LogP contribution in [0, 0.1) is 0 Å². The average Bonchev–Trinajstić information content (AvgIpc) is 3.51. The molecule has 2 aliphatic heterocycles. The zero-order valence-corrected chi connectivity index (χ0v) is 18.7. The number of aromatic amines is 1. The van der Waals surface area contributed by atoms with Crippen molar-refractivity contribution in [3.8, 4) is 11.4 Å². The molecule has 9 heteroatoms. The Morgan fingerprint density at radius 1 is 1.06 bits per heavy atom. The second kappa shape index (κ2) is 8.85. The van der Waals surface area contributed by atoms with E-state index in [9.17, 15) is 4.79 Å². The number of carbonyl (C=O) groups is 1. The second-order valence-electron chi connectivity index (χ2n) is 8.68. The van der Waals surface area contributed by atoms with Crippen LogP contribution >= 0.6 is 0 Å². The van der Waals surface area contributed by atoms with Crippen LogP contribution in [0.1, 0.15) is 11.1 Å². The van der Waals surface area contributed by atoms with Gasteiger partial charge in [-0.15, -0.1) is 0 Å². The Morgan fingerprint density at radius 3 is 2.85 bits per heavy atom. The largest absolute Gasteiger partial charge is 0.379 e. The first-order valence-corrected chi connectivity index (χ1v) is 11.4. The van der Waals surface area contributed by atoms with Crippen molar-refractivity contribution in [3.63, 3.8) is 0 Å². The molecule has 6 rings (SSSR count). The van der Waals surface area contributed by atoms with Gasteiger partial charge in [0.2, 0.25) is 5.91 Å². The maximum Gasteiger partial charge on any atom is 0.237 e. The third-order valence-electron chi connectivity index (χ3n) is 6.37. The molecule has 1 fully saturated rings. The number of H-pyrrole nitrogens is 1. The monoisotopic (exact) mass is 455 g/mol. The van der Waals surface area contributed by atoms with Crippen LogP contribution in [-0.4, -0.2) is 68.7 Å². The summed E-state index contributed by atoms with van der Waals surface area (Å²) in [5.41, 5.74) is 5.20. The molecule has 2 aliphatic rings. The summed E-state index contributed by atoms with van der Waals surface area (Å²) in [5.74, 6) is 1.53. The van der Waals surface area contributed by atoms with Crippen molar-refractivity contribution in [1.82, 2.24) is 30.0 Å². The molecule has 34 heavy (non-hydrogen) atoms. The molecule has 172 valence electrons. The van der Waals surface area contributed by atoms with Crippen LogP contribution in [0.4, 0.5) is 11.5 Å². The zero-order chi connectivity index (χ0) is 22.9. The Morgan fingerprint density at radius 2 is 1.94 bits per heavy atom. The minimum atomic E-state index is 0.164. The summed E-state index contributed by atoms with van der Waals surface area (Å²) >= 11 is 0. The van der Waals surface area contributed by atoms with E-state index in [0.29, 0.717) is 38.7 Å². The van der Waals surface area contributed by atoms with Crippen LogP contribution in [0.5, 0.6) is 0 Å². The van der Waals surface area contributed by atoms with E-state index < -0.39 is 0 Å². The molecule has 9 nitrogen and oxygen atoms in total. The van der Waals surface area contributed by atoms with Gasteiger partial charge in [0.25, 0.3) is 0 Å². The van der Waals surface area contributed by atoms with Crippen molar-refractivity contribution < 1.29 is 9.53 Å². The maximum atomic E-state index is 12.8. The summed E-state index contributed by atoms with van der Waals surface area (Å²) in [6.45, 7) is 4.74. The number of fused-ring (bicyclic) bond motifs is 2. The Labute approximate surface area is 196 Å². The number of morpholine rings is 1. The fraction of sp³-hybridized carbons (Fsp3) is 0.280. The van der Waals surface area contributed by atoms with Crippen molar-refractivity contribution in [2.45, 2.75) is 13.1 Å². The highest BCUT2D eigenvalue weighted by Gasteiger charge is 2.25. The van der Waals surface area contributed by atoms with E-state index in [1.54, 1.807) is 12.4 Å². The van der Waals surface area contributed by atoms with Gasteiger partial charge in [-0.1, -0.05) is 12.1 Å². The number of amides is 1. The van der Waals surface area contributed by atoms with E-state index in [1.807, 2.05) is 35.2 Å². The van der Waals surface area contributed by atoms with Crippen molar-refractivity contribution in [3.05, 3.63) is 66.0 Å². The highest BCUT2D eigenvalue weighted by Crippen LogP contribution is 2.28. The molecule has 0 radical (unpaired) electrons. The molecule has 1 amide bonds. The van der Waals surface area contributed by atoms with Crippen LogP contribution in [0.2, 0.25) is 0 Å². The lowest BCUT2D eigenvalue weighted by Gasteiger charge is -2.27. The number of anilines is 2. The third kappa shape index (κ3) is 4.23. The Bertz CT molecular complexity index is 1350. The summed E-state index contributed by atoms with van der Waals surface area (Å²) in [5, 5.41) is 11.4. The van der Waals surface area contributed by atoms with Gasteiger partial charge in [-0.2, -0.15) is 5.10 Å². The van der Waals surface area contributed by atoms with Gasteiger partial charge in [0.05, 0.1) is 31.5 Å². The zero-order valence-electron chi connectivity index (χ0n) is 18.7. The minimum absolute atomic E-state index is 0.164. The summed E-state index contributed by atoms with van der Waals surface area (Å²) in [4.78, 5) is 26.1. The molecule has 2 aromatic heterocycles. The summed E-state index contributed by atoms with van der Waals surface area (Å²) in [6, 6.07) is 14.1. The van der Waals surface area contributed by atoms with Gasteiger partial charge in [0, 0.05) is 49.0 Å². The Kier molecular flexibility index (Phi) is 5.40. The number of benzene rings is 2. The van der Waals surface area contributed by atoms with Crippen LogP contribution in [-0.2, 0) is 22.6 Å². The highest BCUT2D eigenvalue weighted by atomic mass is 16.5. The normalized spacial score (nSPS) is 16.1. The Balaban J connectivity index is 1.16. The van der Waals surface area contributed by atoms with Crippen LogP contribution in [0.15, 0.2) is 54.9 Å². The van der Waals surface area contributed by atoms with E-state index in [2.05, 4.69) is 37.5 Å². The lowest BCUT2D eigenvalue weighted by molar-refractivity contribution is -0.134. The van der Waals surface area contributed by atoms with Crippen LogP contribution in [0.25, 0.3) is 22.3 Å². The van der Waals surface area contributed by atoms with Crippen molar-refractivity contribution >= 4 is 28.3 Å². The molecule has 0 unspecified atom stereocenters. The fourth-order valence-corrected chi connectivity index (χ4v) is 4.50. The molecule has 0 saturated carbocycles. The smallest absolute Gasteiger partial charge is 0.237 e. The molecular weight excluding hydrogens is 430 g/mol. The molecule has 4 aromatic rings. The van der Waals surface area contributed by atoms with E-state index in [4.69, 9.17) is 9.72 Å². The first-order valence-electron chi connectivity index (χ1n) is 11.4. The van der Waals surface area contributed by atoms with Gasteiger partial charge in [-0.05, 0) is 41.5 Å². The van der Waals surface area contributed by atoms with Crippen molar-refractivity contribution in [1.29, 1.82) is 0 Å². The van der Waals surface area contributed by atoms with Gasteiger partial charge >= 0.3 is 0 Å². The molecule has 0 aliphatic carbocycles. The number of hydrogen-bond donors (Lipinski definition) is 2.